The molecule has 0 aliphatic rings. The Bertz CT molecular complexity index is 1120. The van der Waals surface area contributed by atoms with Crippen LogP contribution in [0.4, 0.5) is 0 Å². The fourth-order valence-corrected chi connectivity index (χ4v) is 3.79. The number of nitrogens with one attached hydrogen (secondary N) is 2. The van der Waals surface area contributed by atoms with Crippen LogP contribution in [0.1, 0.15) is 13.3 Å². The van der Waals surface area contributed by atoms with E-state index >= 15 is 0 Å². The molecule has 0 spiro atoms. The number of aromatic nitrogens is 1. The molecule has 0 fully saturated rings. The SMILES string of the molecule is CCC(CNCCOc1ccccc1OC)COc1cccc2[nH]c3ccccc3c12. The highest BCUT2D eigenvalue weighted by Crippen LogP contribution is 2.33. The van der Waals surface area contributed by atoms with Crippen molar-refractivity contribution in [3.05, 3.63) is 66.7 Å². The van der Waals surface area contributed by atoms with Crippen LogP contribution in [0.2, 0.25) is 0 Å². The van der Waals surface area contributed by atoms with Gasteiger partial charge in [0.2, 0.25) is 0 Å². The van der Waals surface area contributed by atoms with Gasteiger partial charge in [-0.3, -0.25) is 0 Å². The Morgan fingerprint density at radius 2 is 1.58 bits per heavy atom. The third kappa shape index (κ3) is 4.94. The highest BCUT2D eigenvalue weighted by molar-refractivity contribution is 6.10. The van der Waals surface area contributed by atoms with Crippen LogP contribution in [0.25, 0.3) is 21.8 Å². The molecule has 2 N–H and O–H groups in total. The molecule has 0 saturated carbocycles. The van der Waals surface area contributed by atoms with E-state index in [1.807, 2.05) is 30.3 Å². The predicted octanol–water partition coefficient (Wildman–Crippen LogP) is 5.40. The molecule has 1 heterocycles. The van der Waals surface area contributed by atoms with Gasteiger partial charge in [0, 0.05) is 35.3 Å². The van der Waals surface area contributed by atoms with E-state index in [0.717, 1.165) is 53.2 Å². The van der Waals surface area contributed by atoms with Gasteiger partial charge in [-0.05, 0) is 36.8 Å². The normalized spacial score (nSPS) is 12.2. The van der Waals surface area contributed by atoms with E-state index in [0.29, 0.717) is 19.1 Å². The van der Waals surface area contributed by atoms with Crippen LogP contribution in [-0.2, 0) is 0 Å². The summed E-state index contributed by atoms with van der Waals surface area (Å²) in [6.07, 6.45) is 1.05. The second kappa shape index (κ2) is 10.2. The summed E-state index contributed by atoms with van der Waals surface area (Å²) in [4.78, 5) is 3.47. The molecule has 0 aliphatic carbocycles. The second-order valence-corrected chi connectivity index (χ2v) is 7.64. The molecule has 1 atom stereocenters. The van der Waals surface area contributed by atoms with Crippen LogP contribution in [0.15, 0.2) is 66.7 Å². The van der Waals surface area contributed by atoms with Crippen LogP contribution >= 0.6 is 0 Å². The van der Waals surface area contributed by atoms with Crippen molar-refractivity contribution >= 4 is 21.8 Å². The Labute approximate surface area is 183 Å². The van der Waals surface area contributed by atoms with E-state index < -0.39 is 0 Å². The molecule has 1 aromatic heterocycles. The number of hydrogen-bond donors (Lipinski definition) is 2. The van der Waals surface area contributed by atoms with E-state index in [1.54, 1.807) is 7.11 Å². The summed E-state index contributed by atoms with van der Waals surface area (Å²) < 4.78 is 17.4. The monoisotopic (exact) mass is 418 g/mol. The van der Waals surface area contributed by atoms with Crippen LogP contribution in [0, 0.1) is 5.92 Å². The van der Waals surface area contributed by atoms with Gasteiger partial charge in [0.1, 0.15) is 12.4 Å². The number of aromatic amines is 1. The van der Waals surface area contributed by atoms with Gasteiger partial charge in [-0.1, -0.05) is 43.3 Å². The molecule has 4 rings (SSSR count). The number of methoxy groups -OCH3 is 1. The topological polar surface area (TPSA) is 55.5 Å². The molecule has 0 bridgehead atoms. The van der Waals surface area contributed by atoms with Gasteiger partial charge in [0.25, 0.3) is 0 Å². The van der Waals surface area contributed by atoms with Gasteiger partial charge < -0.3 is 24.5 Å². The van der Waals surface area contributed by atoms with Crippen molar-refractivity contribution in [1.29, 1.82) is 0 Å². The minimum absolute atomic E-state index is 0.423. The maximum absolute atomic E-state index is 6.29. The number of benzene rings is 3. The van der Waals surface area contributed by atoms with Crippen molar-refractivity contribution in [3.63, 3.8) is 0 Å². The molecule has 162 valence electrons. The maximum atomic E-state index is 6.29. The van der Waals surface area contributed by atoms with Gasteiger partial charge in [-0.25, -0.2) is 0 Å². The lowest BCUT2D eigenvalue weighted by atomic mass is 10.1. The first-order valence-corrected chi connectivity index (χ1v) is 10.9. The van der Waals surface area contributed by atoms with Crippen LogP contribution in [-0.4, -0.2) is 38.4 Å². The van der Waals surface area contributed by atoms with E-state index in [-0.39, 0.29) is 0 Å². The first kappa shape index (κ1) is 21.1. The van der Waals surface area contributed by atoms with Crippen molar-refractivity contribution in [3.8, 4) is 17.2 Å². The molecule has 31 heavy (non-hydrogen) atoms. The van der Waals surface area contributed by atoms with Gasteiger partial charge >= 0.3 is 0 Å². The quantitative estimate of drug-likeness (QED) is 0.320. The van der Waals surface area contributed by atoms with E-state index in [1.165, 1.54) is 5.39 Å². The molecular weight excluding hydrogens is 388 g/mol. The standard InChI is InChI=1S/C26H30N2O3/c1-3-19(17-27-15-16-30-24-13-7-6-12-23(24)29-2)18-31-25-14-8-11-22-26(25)20-9-4-5-10-21(20)28-22/h4-14,19,27-28H,3,15-18H2,1-2H3. The van der Waals surface area contributed by atoms with Crippen molar-refractivity contribution in [1.82, 2.24) is 10.3 Å². The molecule has 4 aromatic rings. The number of fused-ring (bicyclic) bond motifs is 3. The predicted molar refractivity (Wildman–Crippen MR) is 126 cm³/mol. The minimum Gasteiger partial charge on any atom is -0.493 e. The summed E-state index contributed by atoms with van der Waals surface area (Å²) in [5, 5.41) is 5.85. The van der Waals surface area contributed by atoms with Gasteiger partial charge in [0.15, 0.2) is 11.5 Å². The van der Waals surface area contributed by atoms with Gasteiger partial charge in [0.05, 0.1) is 19.2 Å². The number of hydrogen-bond acceptors (Lipinski definition) is 4. The zero-order chi connectivity index (χ0) is 21.5. The molecule has 0 amide bonds. The first-order valence-electron chi connectivity index (χ1n) is 10.9. The Morgan fingerprint density at radius 3 is 2.42 bits per heavy atom. The number of para-hydroxylation sites is 3. The lowest BCUT2D eigenvalue weighted by Crippen LogP contribution is -2.29. The molecular formula is C26H30N2O3. The van der Waals surface area contributed by atoms with Crippen molar-refractivity contribution in [2.75, 3.05) is 33.4 Å². The van der Waals surface area contributed by atoms with E-state index in [2.05, 4.69) is 53.6 Å². The second-order valence-electron chi connectivity index (χ2n) is 7.64. The van der Waals surface area contributed by atoms with Gasteiger partial charge in [-0.2, -0.15) is 0 Å². The Hall–Kier alpha value is -3.18. The third-order valence-electron chi connectivity index (χ3n) is 5.58. The Kier molecular flexibility index (Phi) is 6.95. The van der Waals surface area contributed by atoms with Gasteiger partial charge in [-0.15, -0.1) is 0 Å². The van der Waals surface area contributed by atoms with E-state index in [4.69, 9.17) is 14.2 Å². The van der Waals surface area contributed by atoms with Crippen molar-refractivity contribution in [2.45, 2.75) is 13.3 Å². The molecule has 3 aromatic carbocycles. The summed E-state index contributed by atoms with van der Waals surface area (Å²) in [6.45, 7) is 5.12. The highest BCUT2D eigenvalue weighted by atomic mass is 16.5. The summed E-state index contributed by atoms with van der Waals surface area (Å²) in [7, 11) is 1.66. The fourth-order valence-electron chi connectivity index (χ4n) is 3.79. The van der Waals surface area contributed by atoms with Crippen LogP contribution in [0.3, 0.4) is 0 Å². The largest absolute Gasteiger partial charge is 0.493 e. The lowest BCUT2D eigenvalue weighted by Gasteiger charge is -2.17. The van der Waals surface area contributed by atoms with Crippen LogP contribution in [0.5, 0.6) is 17.2 Å². The average Bonchev–Trinajstić information content (AvgIpc) is 3.20. The Morgan fingerprint density at radius 1 is 0.839 bits per heavy atom. The molecule has 0 aliphatic heterocycles. The molecule has 0 saturated heterocycles. The molecule has 5 heteroatoms. The smallest absolute Gasteiger partial charge is 0.161 e. The van der Waals surface area contributed by atoms with Crippen LogP contribution < -0.4 is 19.5 Å². The molecule has 0 radical (unpaired) electrons. The number of rotatable bonds is 11. The molecule has 5 nitrogen and oxygen atoms in total. The third-order valence-corrected chi connectivity index (χ3v) is 5.58. The minimum atomic E-state index is 0.423. The summed E-state index contributed by atoms with van der Waals surface area (Å²) in [5.74, 6) is 2.89. The fraction of sp³-hybridized carbons (Fsp3) is 0.308. The number of H-pyrrole nitrogens is 1. The summed E-state index contributed by atoms with van der Waals surface area (Å²) >= 11 is 0. The Balaban J connectivity index is 1.29. The van der Waals surface area contributed by atoms with Crippen molar-refractivity contribution in [2.24, 2.45) is 5.92 Å². The van der Waals surface area contributed by atoms with Crippen molar-refractivity contribution < 1.29 is 14.2 Å². The maximum Gasteiger partial charge on any atom is 0.161 e. The average molecular weight is 419 g/mol. The summed E-state index contributed by atoms with van der Waals surface area (Å²) in [5.41, 5.74) is 2.25. The molecule has 1 unspecified atom stereocenters. The zero-order valence-electron chi connectivity index (χ0n) is 18.2. The summed E-state index contributed by atoms with van der Waals surface area (Å²) in [6, 6.07) is 22.3. The highest BCUT2D eigenvalue weighted by Gasteiger charge is 2.12. The van der Waals surface area contributed by atoms with E-state index in [9.17, 15) is 0 Å². The lowest BCUT2D eigenvalue weighted by molar-refractivity contribution is 0.236. The zero-order valence-corrected chi connectivity index (χ0v) is 18.2. The number of ether oxygens (including phenoxy) is 3. The first-order chi connectivity index (χ1) is 15.3.